The summed E-state index contributed by atoms with van der Waals surface area (Å²) in [7, 11) is 0. The molecular weight excluding hydrogens is 296 g/mol. The van der Waals surface area contributed by atoms with E-state index in [4.69, 9.17) is 9.47 Å². The molecule has 0 bridgehead atoms. The van der Waals surface area contributed by atoms with Gasteiger partial charge in [0.05, 0.1) is 17.6 Å². The van der Waals surface area contributed by atoms with Crippen molar-refractivity contribution in [2.75, 3.05) is 6.61 Å². The average molecular weight is 318 g/mol. The van der Waals surface area contributed by atoms with Gasteiger partial charge in [0.1, 0.15) is 11.2 Å². The van der Waals surface area contributed by atoms with Crippen molar-refractivity contribution >= 4 is 11.0 Å². The van der Waals surface area contributed by atoms with Gasteiger partial charge in [-0.2, -0.15) is 0 Å². The zero-order valence-electron chi connectivity index (χ0n) is 13.6. The van der Waals surface area contributed by atoms with E-state index in [9.17, 15) is 10.1 Å². The van der Waals surface area contributed by atoms with E-state index < -0.39 is 5.79 Å². The Labute approximate surface area is 134 Å². The Morgan fingerprint density at radius 2 is 2.13 bits per heavy atom. The minimum Gasteiger partial charge on any atom is -0.805 e. The predicted molar refractivity (Wildman–Crippen MR) is 86.3 cm³/mol. The lowest BCUT2D eigenvalue weighted by molar-refractivity contribution is -0.498. The minimum absolute atomic E-state index is 0.0807. The summed E-state index contributed by atoms with van der Waals surface area (Å²) in [6.45, 7) is 4.44. The highest BCUT2D eigenvalue weighted by Gasteiger charge is 2.48. The van der Waals surface area contributed by atoms with Crippen molar-refractivity contribution in [2.24, 2.45) is 0 Å². The molecule has 0 fully saturated rings. The van der Waals surface area contributed by atoms with E-state index in [0.717, 1.165) is 34.8 Å². The van der Waals surface area contributed by atoms with Gasteiger partial charge in [0.25, 0.3) is 11.3 Å². The zero-order chi connectivity index (χ0) is 16.4. The van der Waals surface area contributed by atoms with Gasteiger partial charge < -0.3 is 19.4 Å². The quantitative estimate of drug-likeness (QED) is 0.606. The van der Waals surface area contributed by atoms with Gasteiger partial charge in [0.2, 0.25) is 0 Å². The van der Waals surface area contributed by atoms with Gasteiger partial charge in [-0.25, -0.2) is 0 Å². The third-order valence-corrected chi connectivity index (χ3v) is 4.33. The fourth-order valence-electron chi connectivity index (χ4n) is 3.04. The van der Waals surface area contributed by atoms with Crippen molar-refractivity contribution in [3.05, 3.63) is 45.8 Å². The highest BCUT2D eigenvalue weighted by Crippen LogP contribution is 2.35. The number of aromatic nitrogens is 2. The summed E-state index contributed by atoms with van der Waals surface area (Å²) in [4.78, 5) is 12.7. The van der Waals surface area contributed by atoms with Crippen molar-refractivity contribution in [3.8, 4) is 0 Å². The summed E-state index contributed by atoms with van der Waals surface area (Å²) >= 11 is 0. The maximum Gasteiger partial charge on any atom is 0.320 e. The molecule has 0 saturated heterocycles. The van der Waals surface area contributed by atoms with Crippen LogP contribution < -0.4 is 4.43 Å². The zero-order valence-corrected chi connectivity index (χ0v) is 13.6. The number of fused-ring (bicyclic) bond motifs is 2. The first-order valence-corrected chi connectivity index (χ1v) is 8.13. The fraction of sp³-hybridized carbons (Fsp3) is 0.529. The molecule has 1 aliphatic rings. The Hall–Kier alpha value is -1.92. The first-order chi connectivity index (χ1) is 11.1. The van der Waals surface area contributed by atoms with Crippen molar-refractivity contribution in [2.45, 2.75) is 51.9 Å². The number of para-hydroxylation sites is 2. The minimum atomic E-state index is -1.17. The first kappa shape index (κ1) is 16.0. The van der Waals surface area contributed by atoms with Crippen molar-refractivity contribution in [1.82, 2.24) is 4.73 Å². The van der Waals surface area contributed by atoms with Crippen LogP contribution in [0.4, 0.5) is 0 Å². The van der Waals surface area contributed by atoms with E-state index in [0.29, 0.717) is 23.3 Å². The van der Waals surface area contributed by atoms with E-state index in [1.807, 2.05) is 0 Å². The summed E-state index contributed by atoms with van der Waals surface area (Å²) in [5.74, 6) is -1.17. The van der Waals surface area contributed by atoms with E-state index >= 15 is 0 Å². The van der Waals surface area contributed by atoms with Crippen molar-refractivity contribution in [1.29, 1.82) is 0 Å². The van der Waals surface area contributed by atoms with Crippen LogP contribution in [-0.2, 0) is 21.9 Å². The molecule has 23 heavy (non-hydrogen) atoms. The van der Waals surface area contributed by atoms with Crippen LogP contribution in [0.5, 0.6) is 0 Å². The van der Waals surface area contributed by atoms with Crippen LogP contribution in [0.25, 0.3) is 11.0 Å². The molecule has 2 heterocycles. The topological polar surface area (TPSA) is 69.4 Å². The van der Waals surface area contributed by atoms with Gasteiger partial charge in [0.15, 0.2) is 0 Å². The van der Waals surface area contributed by atoms with Crippen LogP contribution in [-0.4, -0.2) is 11.3 Å². The van der Waals surface area contributed by atoms with Crippen LogP contribution in [0.15, 0.2) is 24.3 Å². The Morgan fingerprint density at radius 1 is 1.35 bits per heavy atom. The molecule has 0 spiro atoms. The maximum absolute atomic E-state index is 12.7. The van der Waals surface area contributed by atoms with E-state index in [2.05, 4.69) is 6.92 Å². The van der Waals surface area contributed by atoms with Gasteiger partial charge in [-0.1, -0.05) is 38.3 Å². The molecule has 6 heteroatoms. The fourth-order valence-corrected chi connectivity index (χ4v) is 3.04. The van der Waals surface area contributed by atoms with Crippen LogP contribution in [0, 0.1) is 10.1 Å². The molecule has 0 saturated carbocycles. The molecule has 0 N–H and O–H groups in total. The molecule has 1 unspecified atom stereocenters. The Bertz CT molecular complexity index is 771. The Balaban J connectivity index is 1.94. The van der Waals surface area contributed by atoms with Crippen LogP contribution in [0.2, 0.25) is 0 Å². The van der Waals surface area contributed by atoms with E-state index in [1.165, 1.54) is 0 Å². The van der Waals surface area contributed by atoms with Gasteiger partial charge >= 0.3 is 5.69 Å². The largest absolute Gasteiger partial charge is 0.805 e. The van der Waals surface area contributed by atoms with Crippen LogP contribution in [0.3, 0.4) is 0 Å². The molecule has 1 aromatic heterocycles. The third-order valence-electron chi connectivity index (χ3n) is 4.33. The normalized spacial score (nSPS) is 20.1. The van der Waals surface area contributed by atoms with Crippen LogP contribution >= 0.6 is 0 Å². The number of benzene rings is 1. The van der Waals surface area contributed by atoms with Crippen molar-refractivity contribution < 1.29 is 13.9 Å². The standard InChI is InChI=1S/C17H22N2O4/c1-3-4-5-8-11-22-17(2)16-15(12-23-17)18(20)13-9-6-7-10-14(13)19(16)21/h6-7,9-10H,3-5,8,11-12H2,1-2H3. The Morgan fingerprint density at radius 3 is 2.91 bits per heavy atom. The smallest absolute Gasteiger partial charge is 0.320 e. The van der Waals surface area contributed by atoms with Crippen molar-refractivity contribution in [3.63, 3.8) is 0 Å². The second kappa shape index (κ2) is 6.29. The summed E-state index contributed by atoms with van der Waals surface area (Å²) in [5, 5.41) is 12.5. The lowest BCUT2D eigenvalue weighted by Gasteiger charge is -2.20. The molecule has 3 rings (SSSR count). The molecule has 1 aliphatic heterocycles. The lowest BCUT2D eigenvalue weighted by atomic mass is 10.1. The number of ether oxygens (including phenoxy) is 2. The maximum atomic E-state index is 12.7. The molecular formula is C17H22N2O4. The third kappa shape index (κ3) is 2.72. The van der Waals surface area contributed by atoms with Gasteiger partial charge in [-0.3, -0.25) is 0 Å². The van der Waals surface area contributed by atoms with Gasteiger partial charge in [0, 0.05) is 17.9 Å². The molecule has 1 atom stereocenters. The summed E-state index contributed by atoms with van der Waals surface area (Å²) in [6.07, 6.45) is 4.30. The van der Waals surface area contributed by atoms with Gasteiger partial charge in [-0.05, 0) is 12.5 Å². The second-order valence-corrected chi connectivity index (χ2v) is 6.02. The SMILES string of the molecule is CCCCCCOC1(C)OCc2c1[n+](=O)c1ccccc1n2[O-]. The number of rotatable bonds is 6. The Kier molecular flexibility index (Phi) is 4.37. The number of nitrogens with zero attached hydrogens (tertiary/aromatic N) is 2. The lowest BCUT2D eigenvalue weighted by Crippen LogP contribution is -2.37. The molecule has 124 valence electrons. The van der Waals surface area contributed by atoms with E-state index in [-0.39, 0.29) is 12.3 Å². The molecule has 0 radical (unpaired) electrons. The summed E-state index contributed by atoms with van der Waals surface area (Å²) < 4.78 is 13.1. The van der Waals surface area contributed by atoms with E-state index in [1.54, 1.807) is 31.2 Å². The van der Waals surface area contributed by atoms with Crippen LogP contribution in [0.1, 0.15) is 50.9 Å². The average Bonchev–Trinajstić information content (AvgIpc) is 2.91. The monoisotopic (exact) mass is 318 g/mol. The molecule has 0 amide bonds. The number of unbranched alkanes of at least 4 members (excludes halogenated alkanes) is 3. The summed E-state index contributed by atoms with van der Waals surface area (Å²) in [5.41, 5.74) is 1.26. The van der Waals surface area contributed by atoms with Gasteiger partial charge in [-0.15, -0.1) is 0 Å². The number of hydrogen-bond acceptors (Lipinski definition) is 4. The molecule has 6 nitrogen and oxygen atoms in total. The number of hydrogen-bond donors (Lipinski definition) is 0. The molecule has 0 aliphatic carbocycles. The second-order valence-electron chi connectivity index (χ2n) is 6.02. The first-order valence-electron chi connectivity index (χ1n) is 8.13. The molecule has 2 aromatic rings. The summed E-state index contributed by atoms with van der Waals surface area (Å²) in [6, 6.07) is 6.75. The highest BCUT2D eigenvalue weighted by molar-refractivity contribution is 5.72. The predicted octanol–water partition coefficient (Wildman–Crippen LogP) is 3.20. The highest BCUT2D eigenvalue weighted by atomic mass is 16.7. The molecule has 1 aromatic carbocycles.